The maximum atomic E-state index is 12.8. The van der Waals surface area contributed by atoms with E-state index in [2.05, 4.69) is 6.58 Å². The fourth-order valence-electron chi connectivity index (χ4n) is 2.25. The van der Waals surface area contributed by atoms with Gasteiger partial charge in [0.25, 0.3) is 0 Å². The summed E-state index contributed by atoms with van der Waals surface area (Å²) in [6.45, 7) is 5.48. The number of hydrogen-bond acceptors (Lipinski definition) is 9. The summed E-state index contributed by atoms with van der Waals surface area (Å²) >= 11 is 0. The molecule has 1 N–H and O–H groups in total. The molecule has 0 aromatic carbocycles. The Bertz CT molecular complexity index is 472. The zero-order valence-corrected chi connectivity index (χ0v) is 16.7. The second kappa shape index (κ2) is 10.7. The molecule has 0 spiro atoms. The Morgan fingerprint density at radius 1 is 1.40 bits per heavy atom. The van der Waals surface area contributed by atoms with Gasteiger partial charge in [-0.3, -0.25) is 13.6 Å². The zero-order chi connectivity index (χ0) is 18.3. The molecule has 11 heteroatoms. The third-order valence-corrected chi connectivity index (χ3v) is 7.60. The van der Waals surface area contributed by atoms with Crippen LogP contribution in [0.15, 0.2) is 12.7 Å². The maximum Gasteiger partial charge on any atom is 0.475 e. The number of aliphatic hydroxyl groups excluding tert-OH is 1. The van der Waals surface area contributed by atoms with Crippen molar-refractivity contribution in [2.24, 2.45) is 0 Å². The van der Waals surface area contributed by atoms with Gasteiger partial charge in [0.1, 0.15) is 26.2 Å². The van der Waals surface area contributed by atoms with E-state index in [0.29, 0.717) is 24.5 Å². The van der Waals surface area contributed by atoms with Gasteiger partial charge in [-0.05, 0) is 6.42 Å². The predicted molar refractivity (Wildman–Crippen MR) is 99.9 cm³/mol. The molecule has 142 valence electrons. The molecule has 0 bridgehead atoms. The van der Waals surface area contributed by atoms with Gasteiger partial charge in [0.05, 0.1) is 25.9 Å². The van der Waals surface area contributed by atoms with E-state index < -0.39 is 32.1 Å². The number of hydrogen-bond donors (Lipinski definition) is 1. The molecule has 25 heavy (non-hydrogen) atoms. The summed E-state index contributed by atoms with van der Waals surface area (Å²) in [5.74, 6) is 1.29. The number of rotatable bonds is 9. The van der Waals surface area contributed by atoms with Gasteiger partial charge in [0.15, 0.2) is 0 Å². The molecule has 2 aliphatic heterocycles. The monoisotopic (exact) mass is 410 g/mol. The van der Waals surface area contributed by atoms with E-state index in [4.69, 9.17) is 30.9 Å². The van der Waals surface area contributed by atoms with Crippen molar-refractivity contribution < 1.29 is 32.7 Å². The van der Waals surface area contributed by atoms with Gasteiger partial charge in [-0.2, -0.15) is 0 Å². The molecular formula is C14H24BO7PS2. The molecule has 2 radical (unpaired) electrons. The Hall–Kier alpha value is 0.495. The highest BCUT2D eigenvalue weighted by atomic mass is 33.1. The third-order valence-electron chi connectivity index (χ3n) is 3.66. The van der Waals surface area contributed by atoms with E-state index in [1.807, 2.05) is 6.92 Å². The van der Waals surface area contributed by atoms with Gasteiger partial charge >= 0.3 is 7.82 Å². The van der Waals surface area contributed by atoms with Crippen molar-refractivity contribution in [3.8, 4) is 0 Å². The van der Waals surface area contributed by atoms with Gasteiger partial charge in [0, 0.05) is 17.5 Å². The quantitative estimate of drug-likeness (QED) is 0.266. The maximum absolute atomic E-state index is 12.8. The third kappa shape index (κ3) is 6.55. The predicted octanol–water partition coefficient (Wildman–Crippen LogP) is 2.14. The van der Waals surface area contributed by atoms with Gasteiger partial charge in [0.2, 0.25) is 0 Å². The second-order valence-electron chi connectivity index (χ2n) is 5.56. The van der Waals surface area contributed by atoms with Gasteiger partial charge in [-0.1, -0.05) is 34.6 Å². The molecule has 1 unspecified atom stereocenters. The van der Waals surface area contributed by atoms with Crippen molar-refractivity contribution in [2.75, 3.05) is 31.3 Å². The van der Waals surface area contributed by atoms with Crippen LogP contribution in [0.3, 0.4) is 0 Å². The molecule has 7 nitrogen and oxygen atoms in total. The highest BCUT2D eigenvalue weighted by Crippen LogP contribution is 2.56. The van der Waals surface area contributed by atoms with E-state index in [1.54, 1.807) is 27.7 Å². The molecule has 0 aromatic heterocycles. The summed E-state index contributed by atoms with van der Waals surface area (Å²) in [7, 11) is 5.21. The fraction of sp³-hybridized carbons (Fsp3) is 0.857. The number of phosphoric ester groups is 1. The van der Waals surface area contributed by atoms with Gasteiger partial charge < -0.3 is 14.6 Å². The summed E-state index contributed by atoms with van der Waals surface area (Å²) in [5.41, 5.74) is 0. The first-order valence-corrected chi connectivity index (χ1v) is 12.1. The summed E-state index contributed by atoms with van der Waals surface area (Å²) in [5, 5.41) is 9.53. The summed E-state index contributed by atoms with van der Waals surface area (Å²) < 4.78 is 40.5. The van der Waals surface area contributed by atoms with Gasteiger partial charge in [-0.15, -0.1) is 6.58 Å². The van der Waals surface area contributed by atoms with Crippen LogP contribution in [0.2, 0.25) is 0 Å². The first kappa shape index (κ1) is 21.8. The first-order chi connectivity index (χ1) is 12.0. The van der Waals surface area contributed by atoms with Gasteiger partial charge in [-0.25, -0.2) is 4.57 Å². The standard InChI is InChI=1S/C14H24BO7PS2/c1-3-5-18-12-8-24-25-9-13(12)22-23(17)19-7-11(10(6-16)21-23)20-14(15)4-2/h3,10-14,16H,1,4-9H2,2H3/t10-,11?,12+,13+,14+,23-/m0/s1. The lowest BCUT2D eigenvalue weighted by atomic mass is 9.97. The number of aliphatic hydroxyl groups is 1. The van der Waals surface area contributed by atoms with Crippen molar-refractivity contribution in [3.63, 3.8) is 0 Å². The minimum Gasteiger partial charge on any atom is -0.394 e. The van der Waals surface area contributed by atoms with Crippen LogP contribution in [-0.2, 0) is 27.6 Å². The topological polar surface area (TPSA) is 83.5 Å². The fourth-order valence-corrected chi connectivity index (χ4v) is 6.36. The molecule has 2 aliphatic rings. The summed E-state index contributed by atoms with van der Waals surface area (Å²) in [6.07, 6.45) is 0.149. The van der Waals surface area contributed by atoms with Crippen molar-refractivity contribution in [1.29, 1.82) is 0 Å². The van der Waals surface area contributed by atoms with Crippen LogP contribution in [0, 0.1) is 0 Å². The van der Waals surface area contributed by atoms with Crippen LogP contribution in [0.5, 0.6) is 0 Å². The molecule has 0 aromatic rings. The Morgan fingerprint density at radius 3 is 2.76 bits per heavy atom. The average Bonchev–Trinajstić information content (AvgIpc) is 2.62. The Morgan fingerprint density at radius 2 is 2.12 bits per heavy atom. The van der Waals surface area contributed by atoms with E-state index in [-0.39, 0.29) is 19.3 Å². The summed E-state index contributed by atoms with van der Waals surface area (Å²) in [4.78, 5) is 0. The number of ether oxygens (including phenoxy) is 2. The van der Waals surface area contributed by atoms with Crippen LogP contribution in [0.1, 0.15) is 13.3 Å². The van der Waals surface area contributed by atoms with Crippen molar-refractivity contribution in [2.45, 2.75) is 43.8 Å². The highest BCUT2D eigenvalue weighted by Gasteiger charge is 2.45. The lowest BCUT2D eigenvalue weighted by molar-refractivity contribution is -0.124. The molecule has 2 rings (SSSR count). The number of phosphoric acid groups is 1. The Labute approximate surface area is 157 Å². The highest BCUT2D eigenvalue weighted by molar-refractivity contribution is 8.76. The van der Waals surface area contributed by atoms with Crippen LogP contribution in [-0.4, -0.2) is 74.7 Å². The summed E-state index contributed by atoms with van der Waals surface area (Å²) in [6, 6.07) is -0.506. The molecular weight excluding hydrogens is 386 g/mol. The molecule has 2 saturated heterocycles. The second-order valence-corrected chi connectivity index (χ2v) is 9.69. The molecule has 2 fully saturated rings. The lowest BCUT2D eigenvalue weighted by Gasteiger charge is -2.38. The van der Waals surface area contributed by atoms with Crippen LogP contribution < -0.4 is 0 Å². The molecule has 0 saturated carbocycles. The zero-order valence-electron chi connectivity index (χ0n) is 14.2. The van der Waals surface area contributed by atoms with Crippen LogP contribution >= 0.6 is 29.4 Å². The van der Waals surface area contributed by atoms with E-state index in [1.165, 1.54) is 0 Å². The van der Waals surface area contributed by atoms with E-state index in [9.17, 15) is 9.67 Å². The molecule has 0 amide bonds. The van der Waals surface area contributed by atoms with Crippen molar-refractivity contribution in [3.05, 3.63) is 12.7 Å². The van der Waals surface area contributed by atoms with Crippen molar-refractivity contribution >= 4 is 37.3 Å². The van der Waals surface area contributed by atoms with Crippen molar-refractivity contribution in [1.82, 2.24) is 0 Å². The average molecular weight is 410 g/mol. The first-order valence-electron chi connectivity index (χ1n) is 8.11. The molecule has 6 atom stereocenters. The molecule has 2 heterocycles. The van der Waals surface area contributed by atoms with E-state index >= 15 is 0 Å². The normalized spacial score (nSPS) is 37.5. The van der Waals surface area contributed by atoms with Crippen LogP contribution in [0.25, 0.3) is 0 Å². The minimum atomic E-state index is -3.82. The smallest absolute Gasteiger partial charge is 0.394 e. The molecule has 0 aliphatic carbocycles. The Balaban J connectivity index is 1.96. The SMILES string of the molecule is [B][C@@H](CC)OC1CO[P@](=O)(O[C@@H]2CSSC[C@H]2OCC=C)O[C@H]1CO. The van der Waals surface area contributed by atoms with Crippen LogP contribution in [0.4, 0.5) is 0 Å². The van der Waals surface area contributed by atoms with E-state index in [0.717, 1.165) is 0 Å². The minimum absolute atomic E-state index is 0.0248. The lowest BCUT2D eigenvalue weighted by Crippen LogP contribution is -2.45. The Kier molecular flexibility index (Phi) is 9.35. The largest absolute Gasteiger partial charge is 0.475 e.